The fourth-order valence-corrected chi connectivity index (χ4v) is 4.30. The summed E-state index contributed by atoms with van der Waals surface area (Å²) in [7, 11) is -1.95. The number of carbonyl (C=O) groups is 1. The van der Waals surface area contributed by atoms with Crippen molar-refractivity contribution in [1.29, 1.82) is 0 Å². The number of anilines is 2. The number of amides is 1. The zero-order valence-electron chi connectivity index (χ0n) is 19.6. The van der Waals surface area contributed by atoms with Gasteiger partial charge in [0, 0.05) is 36.1 Å². The van der Waals surface area contributed by atoms with Gasteiger partial charge < -0.3 is 10.6 Å². The molecule has 0 spiro atoms. The smallest absolute Gasteiger partial charge is 0.382 e. The molecular formula is C22H31F3N4O3S3. The van der Waals surface area contributed by atoms with E-state index in [4.69, 9.17) is 0 Å². The van der Waals surface area contributed by atoms with Crippen molar-refractivity contribution < 1.29 is 26.4 Å². The van der Waals surface area contributed by atoms with Crippen molar-refractivity contribution in [3.63, 3.8) is 0 Å². The van der Waals surface area contributed by atoms with Gasteiger partial charge in [0.1, 0.15) is 5.69 Å². The molecule has 196 valence electrons. The summed E-state index contributed by atoms with van der Waals surface area (Å²) < 4.78 is 63.4. The number of carbonyl (C=O) groups excluding carboxylic acids is 1. The Morgan fingerprint density at radius 2 is 1.57 bits per heavy atom. The van der Waals surface area contributed by atoms with Gasteiger partial charge in [-0.25, -0.2) is 13.4 Å². The third kappa shape index (κ3) is 8.50. The molecule has 1 aliphatic carbocycles. The minimum atomic E-state index is -4.50. The SMILES string of the molecule is Cc1cc(NC2CCC(NC(=O)c3ccc(N(C)S(C)(=O)=O)cc3)CC2)cc(C(F)(F)F)n1.S.S. The van der Waals surface area contributed by atoms with E-state index >= 15 is 0 Å². The van der Waals surface area contributed by atoms with Crippen molar-refractivity contribution in [3.05, 3.63) is 53.3 Å². The number of rotatable bonds is 6. The number of aromatic nitrogens is 1. The molecule has 2 N–H and O–H groups in total. The van der Waals surface area contributed by atoms with Gasteiger partial charge in [0.15, 0.2) is 0 Å². The number of nitrogens with one attached hydrogen (secondary N) is 2. The number of aryl methyl sites for hydroxylation is 1. The summed E-state index contributed by atoms with van der Waals surface area (Å²) in [5.74, 6) is -0.250. The maximum absolute atomic E-state index is 13.0. The highest BCUT2D eigenvalue weighted by atomic mass is 32.2. The van der Waals surface area contributed by atoms with Gasteiger partial charge >= 0.3 is 6.18 Å². The lowest BCUT2D eigenvalue weighted by molar-refractivity contribution is -0.141. The second-order valence-electron chi connectivity index (χ2n) is 8.32. The molecule has 1 aliphatic rings. The largest absolute Gasteiger partial charge is 0.433 e. The van der Waals surface area contributed by atoms with Gasteiger partial charge in [-0.05, 0) is 69.0 Å². The van der Waals surface area contributed by atoms with Gasteiger partial charge in [-0.3, -0.25) is 9.10 Å². The average Bonchev–Trinajstić information content (AvgIpc) is 2.73. The molecule has 1 saturated carbocycles. The Kier molecular flexibility index (Phi) is 10.8. The molecule has 3 rings (SSSR count). The number of benzene rings is 1. The van der Waals surface area contributed by atoms with E-state index in [1.165, 1.54) is 14.0 Å². The highest BCUT2D eigenvalue weighted by Crippen LogP contribution is 2.31. The monoisotopic (exact) mass is 552 g/mol. The van der Waals surface area contributed by atoms with E-state index in [-0.39, 0.29) is 45.0 Å². The molecule has 0 radical (unpaired) electrons. The molecule has 13 heteroatoms. The van der Waals surface area contributed by atoms with Crippen LogP contribution in [0.15, 0.2) is 36.4 Å². The van der Waals surface area contributed by atoms with E-state index < -0.39 is 21.9 Å². The third-order valence-corrected chi connectivity index (χ3v) is 6.87. The number of alkyl halides is 3. The molecule has 0 aliphatic heterocycles. The average molecular weight is 553 g/mol. The van der Waals surface area contributed by atoms with E-state index in [2.05, 4.69) is 15.6 Å². The van der Waals surface area contributed by atoms with Crippen LogP contribution in [0.4, 0.5) is 24.5 Å². The second kappa shape index (κ2) is 12.2. The summed E-state index contributed by atoms with van der Waals surface area (Å²) >= 11 is 0. The third-order valence-electron chi connectivity index (χ3n) is 5.67. The van der Waals surface area contributed by atoms with E-state index in [0.717, 1.165) is 16.6 Å². The highest BCUT2D eigenvalue weighted by molar-refractivity contribution is 7.92. The standard InChI is InChI=1S/C22H27F3N4O3S.2H2S/c1-14-12-18(13-20(26-14)22(23,24)25)27-16-6-8-17(9-7-16)28-21(30)15-4-10-19(11-5-15)29(2)33(3,31)32;;/h4-5,10-13,16-17H,6-9H2,1-3H3,(H,26,27)(H,28,30);2*1H2. The molecule has 7 nitrogen and oxygen atoms in total. The molecule has 0 bridgehead atoms. The van der Waals surface area contributed by atoms with Crippen LogP contribution >= 0.6 is 27.0 Å². The molecule has 0 atom stereocenters. The summed E-state index contributed by atoms with van der Waals surface area (Å²) in [5, 5.41) is 6.14. The van der Waals surface area contributed by atoms with E-state index in [0.29, 0.717) is 48.3 Å². The fourth-order valence-electron chi connectivity index (χ4n) is 3.80. The predicted molar refractivity (Wildman–Crippen MR) is 142 cm³/mol. The number of hydrogen-bond donors (Lipinski definition) is 2. The summed E-state index contributed by atoms with van der Waals surface area (Å²) in [6, 6.07) is 8.86. The number of sulfonamides is 1. The molecule has 1 amide bonds. The van der Waals surface area contributed by atoms with Crippen LogP contribution < -0.4 is 14.9 Å². The first kappa shape index (κ1) is 30.9. The number of nitrogens with zero attached hydrogens (tertiary/aromatic N) is 2. The molecule has 1 aromatic carbocycles. The molecule has 35 heavy (non-hydrogen) atoms. The normalized spacial score (nSPS) is 18.0. The van der Waals surface area contributed by atoms with Crippen molar-refractivity contribution in [3.8, 4) is 0 Å². The van der Waals surface area contributed by atoms with Crippen LogP contribution in [-0.4, -0.2) is 44.7 Å². The molecule has 0 saturated heterocycles. The Bertz CT molecular complexity index is 1110. The summed E-state index contributed by atoms with van der Waals surface area (Å²) in [4.78, 5) is 16.1. The Morgan fingerprint density at radius 3 is 2.09 bits per heavy atom. The lowest BCUT2D eigenvalue weighted by atomic mass is 9.90. The maximum atomic E-state index is 13.0. The summed E-state index contributed by atoms with van der Waals surface area (Å²) in [6.07, 6.45) is -0.618. The van der Waals surface area contributed by atoms with Crippen molar-refractivity contribution in [2.45, 2.75) is 50.9 Å². The summed E-state index contributed by atoms with van der Waals surface area (Å²) in [5.41, 5.74) is 0.650. The fraction of sp³-hybridized carbons (Fsp3) is 0.455. The van der Waals surface area contributed by atoms with E-state index in [1.807, 2.05) is 0 Å². The van der Waals surface area contributed by atoms with Gasteiger partial charge in [-0.1, -0.05) is 0 Å². The molecule has 0 unspecified atom stereocenters. The summed E-state index contributed by atoms with van der Waals surface area (Å²) in [6.45, 7) is 1.53. The van der Waals surface area contributed by atoms with E-state index in [1.54, 1.807) is 30.3 Å². The zero-order chi connectivity index (χ0) is 24.4. The van der Waals surface area contributed by atoms with Crippen molar-refractivity contribution in [2.75, 3.05) is 22.9 Å². The minimum Gasteiger partial charge on any atom is -0.382 e. The zero-order valence-corrected chi connectivity index (χ0v) is 22.4. The van der Waals surface area contributed by atoms with Crippen molar-refractivity contribution in [2.24, 2.45) is 0 Å². The van der Waals surface area contributed by atoms with Crippen LogP contribution in [0.2, 0.25) is 0 Å². The van der Waals surface area contributed by atoms with Crippen molar-refractivity contribution in [1.82, 2.24) is 10.3 Å². The molecule has 1 heterocycles. The topological polar surface area (TPSA) is 91.4 Å². The highest BCUT2D eigenvalue weighted by Gasteiger charge is 2.33. The molecule has 1 aromatic heterocycles. The van der Waals surface area contributed by atoms with Gasteiger partial charge in [0.2, 0.25) is 10.0 Å². The van der Waals surface area contributed by atoms with Crippen LogP contribution in [0, 0.1) is 6.92 Å². The van der Waals surface area contributed by atoms with Crippen LogP contribution in [0.3, 0.4) is 0 Å². The lowest BCUT2D eigenvalue weighted by Gasteiger charge is -2.30. The van der Waals surface area contributed by atoms with Crippen molar-refractivity contribution >= 4 is 54.3 Å². The van der Waals surface area contributed by atoms with Gasteiger partial charge in [0.05, 0.1) is 11.9 Å². The number of pyridine rings is 1. The Morgan fingerprint density at radius 1 is 1.03 bits per heavy atom. The van der Waals surface area contributed by atoms with Crippen LogP contribution in [0.1, 0.15) is 47.4 Å². The van der Waals surface area contributed by atoms with Crippen LogP contribution in [0.25, 0.3) is 0 Å². The van der Waals surface area contributed by atoms with Gasteiger partial charge in [-0.15, -0.1) is 0 Å². The van der Waals surface area contributed by atoms with E-state index in [9.17, 15) is 26.4 Å². The second-order valence-corrected chi connectivity index (χ2v) is 10.3. The lowest BCUT2D eigenvalue weighted by Crippen LogP contribution is -2.40. The van der Waals surface area contributed by atoms with Crippen LogP contribution in [-0.2, 0) is 16.2 Å². The molecule has 2 aromatic rings. The Hall–Kier alpha value is -2.12. The number of halogens is 3. The first-order valence-electron chi connectivity index (χ1n) is 10.5. The first-order valence-corrected chi connectivity index (χ1v) is 12.3. The Labute approximate surface area is 217 Å². The quantitative estimate of drug-likeness (QED) is 0.561. The number of hydrogen-bond acceptors (Lipinski definition) is 5. The molecular weight excluding hydrogens is 521 g/mol. The minimum absolute atomic E-state index is 0. The van der Waals surface area contributed by atoms with Gasteiger partial charge in [0.25, 0.3) is 5.91 Å². The maximum Gasteiger partial charge on any atom is 0.433 e. The van der Waals surface area contributed by atoms with Gasteiger partial charge in [-0.2, -0.15) is 40.2 Å². The molecule has 1 fully saturated rings. The van der Waals surface area contributed by atoms with Crippen LogP contribution in [0.5, 0.6) is 0 Å². The Balaban J connectivity index is 0.00000306. The predicted octanol–water partition coefficient (Wildman–Crippen LogP) is 4.18. The first-order chi connectivity index (χ1) is 15.3.